The van der Waals surface area contributed by atoms with Crippen LogP contribution < -0.4 is 16.2 Å². The summed E-state index contributed by atoms with van der Waals surface area (Å²) in [5, 5.41) is 0. The molecule has 2 aromatic rings. The molecule has 26 heavy (non-hydrogen) atoms. The van der Waals surface area contributed by atoms with Crippen LogP contribution in [0.15, 0.2) is 65.3 Å². The largest absolute Gasteiger partial charge is 0.487 e. The number of hydrogen-bond donors (Lipinski definition) is 2. The highest BCUT2D eigenvalue weighted by Gasteiger charge is 2.39. The van der Waals surface area contributed by atoms with Gasteiger partial charge in [0.2, 0.25) is 11.8 Å². The molecule has 0 bridgehead atoms. The highest BCUT2D eigenvalue weighted by molar-refractivity contribution is 6.13. The molecule has 2 amide bonds. The van der Waals surface area contributed by atoms with Crippen LogP contribution in [-0.4, -0.2) is 29.6 Å². The van der Waals surface area contributed by atoms with E-state index in [2.05, 4.69) is 9.98 Å². The highest BCUT2D eigenvalue weighted by Crippen LogP contribution is 2.31. The first-order valence-electron chi connectivity index (χ1n) is 7.97. The summed E-state index contributed by atoms with van der Waals surface area (Å²) in [6, 6.07) is 12.5. The summed E-state index contributed by atoms with van der Waals surface area (Å²) >= 11 is 0. The molecule has 0 aliphatic carbocycles. The molecule has 1 unspecified atom stereocenters. The first-order valence-corrected chi connectivity index (χ1v) is 7.97. The molecule has 1 aromatic heterocycles. The van der Waals surface area contributed by atoms with Crippen LogP contribution in [-0.2, 0) is 21.6 Å². The molecule has 3 rings (SSSR count). The van der Waals surface area contributed by atoms with Gasteiger partial charge in [-0.1, -0.05) is 18.2 Å². The van der Waals surface area contributed by atoms with Crippen LogP contribution in [0.1, 0.15) is 11.3 Å². The van der Waals surface area contributed by atoms with Gasteiger partial charge in [0.1, 0.15) is 17.8 Å². The van der Waals surface area contributed by atoms with Gasteiger partial charge in [0, 0.05) is 12.4 Å². The van der Waals surface area contributed by atoms with E-state index < -0.39 is 17.2 Å². The molecule has 1 aliphatic heterocycles. The van der Waals surface area contributed by atoms with Crippen molar-refractivity contribution in [1.29, 1.82) is 0 Å². The van der Waals surface area contributed by atoms with Crippen molar-refractivity contribution in [1.82, 2.24) is 4.98 Å². The van der Waals surface area contributed by atoms with Crippen molar-refractivity contribution in [2.75, 3.05) is 6.54 Å². The van der Waals surface area contributed by atoms with Gasteiger partial charge in [0.15, 0.2) is 0 Å². The number of primary amides is 2. The van der Waals surface area contributed by atoms with Gasteiger partial charge in [-0.15, -0.1) is 0 Å². The van der Waals surface area contributed by atoms with Crippen molar-refractivity contribution in [3.63, 3.8) is 0 Å². The number of amides is 2. The molecule has 0 saturated carbocycles. The first-order chi connectivity index (χ1) is 12.5. The Bertz CT molecular complexity index is 875. The molecule has 0 spiro atoms. The fourth-order valence-corrected chi connectivity index (χ4v) is 2.73. The van der Waals surface area contributed by atoms with Gasteiger partial charge in [-0.3, -0.25) is 19.6 Å². The fourth-order valence-electron chi connectivity index (χ4n) is 2.73. The van der Waals surface area contributed by atoms with E-state index in [-0.39, 0.29) is 12.1 Å². The molecule has 1 atom stereocenters. The highest BCUT2D eigenvalue weighted by atomic mass is 16.5. The number of aliphatic imine (C=N–C) groups is 1. The lowest BCUT2D eigenvalue weighted by atomic mass is 9.77. The number of pyridine rings is 1. The number of carbonyl (C=O) groups is 2. The van der Waals surface area contributed by atoms with Crippen molar-refractivity contribution in [3.05, 3.63) is 71.6 Å². The number of benzene rings is 1. The third-order valence-corrected chi connectivity index (χ3v) is 4.18. The van der Waals surface area contributed by atoms with Crippen LogP contribution in [0.5, 0.6) is 5.75 Å². The van der Waals surface area contributed by atoms with Gasteiger partial charge < -0.3 is 16.2 Å². The monoisotopic (exact) mass is 350 g/mol. The minimum atomic E-state index is -1.21. The molecule has 0 radical (unpaired) electrons. The van der Waals surface area contributed by atoms with Crippen LogP contribution in [0.2, 0.25) is 0 Å². The van der Waals surface area contributed by atoms with Gasteiger partial charge in [-0.25, -0.2) is 0 Å². The zero-order valence-electron chi connectivity index (χ0n) is 14.0. The number of hydrogen-bond acceptors (Lipinski definition) is 5. The molecule has 7 heteroatoms. The van der Waals surface area contributed by atoms with E-state index in [4.69, 9.17) is 16.2 Å². The second-order valence-electron chi connectivity index (χ2n) is 5.90. The Hall–Kier alpha value is -3.48. The maximum absolute atomic E-state index is 12.2. The summed E-state index contributed by atoms with van der Waals surface area (Å²) in [6.07, 6.45) is 4.53. The number of ether oxygens (including phenoxy) is 1. The molecule has 4 N–H and O–H groups in total. The number of carbonyl (C=O) groups excluding carboxylic acids is 2. The van der Waals surface area contributed by atoms with E-state index in [0.717, 1.165) is 5.69 Å². The van der Waals surface area contributed by atoms with Gasteiger partial charge in [-0.2, -0.15) is 0 Å². The molecule has 0 saturated heterocycles. The molecule has 0 fully saturated rings. The maximum atomic E-state index is 12.2. The lowest BCUT2D eigenvalue weighted by Crippen LogP contribution is -2.44. The number of aromatic nitrogens is 1. The predicted octanol–water partition coefficient (Wildman–Crippen LogP) is 0.880. The summed E-state index contributed by atoms with van der Waals surface area (Å²) in [5.74, 6) is -0.637. The van der Waals surface area contributed by atoms with E-state index >= 15 is 0 Å². The average Bonchev–Trinajstić information content (AvgIpc) is 2.67. The molecule has 1 aromatic carbocycles. The SMILES string of the molecule is NC(=O)C1=CC(C(N)=O)(c2ccc(OCc3ccccn3)cc2)CN=C1. The van der Waals surface area contributed by atoms with E-state index in [0.29, 0.717) is 17.9 Å². The van der Waals surface area contributed by atoms with Crippen molar-refractivity contribution >= 4 is 18.0 Å². The zero-order valence-corrected chi connectivity index (χ0v) is 14.0. The smallest absolute Gasteiger partial charge is 0.249 e. The summed E-state index contributed by atoms with van der Waals surface area (Å²) in [5.41, 5.74) is 11.3. The molecule has 7 nitrogen and oxygen atoms in total. The molecular formula is C19H18N4O3. The maximum Gasteiger partial charge on any atom is 0.249 e. The minimum Gasteiger partial charge on any atom is -0.487 e. The number of nitrogens with two attached hydrogens (primary N) is 2. The first kappa shape index (κ1) is 17.3. The fraction of sp³-hybridized carbons (Fsp3) is 0.158. The van der Waals surface area contributed by atoms with Crippen molar-refractivity contribution in [2.45, 2.75) is 12.0 Å². The van der Waals surface area contributed by atoms with Gasteiger partial charge >= 0.3 is 0 Å². The Labute approximate surface area is 150 Å². The minimum absolute atomic E-state index is 0.118. The van der Waals surface area contributed by atoms with Crippen molar-refractivity contribution in [3.8, 4) is 5.75 Å². The number of dihydropyridines is 1. The summed E-state index contributed by atoms with van der Waals surface area (Å²) < 4.78 is 5.69. The Balaban J connectivity index is 1.82. The Morgan fingerprint density at radius 1 is 1.12 bits per heavy atom. The normalized spacial score (nSPS) is 18.8. The number of nitrogens with zero attached hydrogens (tertiary/aromatic N) is 2. The Morgan fingerprint density at radius 2 is 1.88 bits per heavy atom. The van der Waals surface area contributed by atoms with Crippen LogP contribution in [0.3, 0.4) is 0 Å². The second-order valence-corrected chi connectivity index (χ2v) is 5.90. The zero-order chi connectivity index (χ0) is 18.6. The lowest BCUT2D eigenvalue weighted by molar-refractivity contribution is -0.121. The van der Waals surface area contributed by atoms with Gasteiger partial charge in [0.05, 0.1) is 17.8 Å². The van der Waals surface area contributed by atoms with Crippen LogP contribution in [0, 0.1) is 0 Å². The molecule has 2 heterocycles. The van der Waals surface area contributed by atoms with Crippen molar-refractivity contribution < 1.29 is 14.3 Å². The topological polar surface area (TPSA) is 121 Å². The van der Waals surface area contributed by atoms with E-state index in [9.17, 15) is 9.59 Å². The Morgan fingerprint density at radius 3 is 2.50 bits per heavy atom. The molecular weight excluding hydrogens is 332 g/mol. The van der Waals surface area contributed by atoms with Crippen LogP contribution in [0.4, 0.5) is 0 Å². The third kappa shape index (κ3) is 3.46. The predicted molar refractivity (Wildman–Crippen MR) is 96.5 cm³/mol. The summed E-state index contributed by atoms with van der Waals surface area (Å²) in [7, 11) is 0. The standard InChI is InChI=1S/C19H18N4O3/c20-17(24)13-9-19(18(21)25,12-22-10-13)14-4-6-16(7-5-14)26-11-15-3-1-2-8-23-15/h1-10H,11-12H2,(H2,20,24)(H2,21,25). The van der Waals surface area contributed by atoms with Crippen molar-refractivity contribution in [2.24, 2.45) is 16.5 Å². The van der Waals surface area contributed by atoms with Crippen LogP contribution in [0.25, 0.3) is 0 Å². The quantitative estimate of drug-likeness (QED) is 0.803. The lowest BCUT2D eigenvalue weighted by Gasteiger charge is -2.29. The van der Waals surface area contributed by atoms with Gasteiger partial charge in [0.25, 0.3) is 0 Å². The average molecular weight is 350 g/mol. The summed E-state index contributed by atoms with van der Waals surface area (Å²) in [4.78, 5) is 31.9. The molecule has 132 valence electrons. The third-order valence-electron chi connectivity index (χ3n) is 4.18. The van der Waals surface area contributed by atoms with E-state index in [1.54, 1.807) is 30.5 Å². The van der Waals surface area contributed by atoms with Crippen LogP contribution >= 0.6 is 0 Å². The summed E-state index contributed by atoms with van der Waals surface area (Å²) in [6.45, 7) is 0.449. The van der Waals surface area contributed by atoms with E-state index in [1.807, 2.05) is 18.2 Å². The second kappa shape index (κ2) is 7.18. The van der Waals surface area contributed by atoms with Gasteiger partial charge in [-0.05, 0) is 35.9 Å². The molecule has 1 aliphatic rings. The Kier molecular flexibility index (Phi) is 4.79. The van der Waals surface area contributed by atoms with E-state index in [1.165, 1.54) is 12.3 Å². The number of rotatable bonds is 6.